The van der Waals surface area contributed by atoms with E-state index in [0.29, 0.717) is 0 Å². The van der Waals surface area contributed by atoms with Gasteiger partial charge in [-0.3, -0.25) is 5.73 Å². The third-order valence-corrected chi connectivity index (χ3v) is 5.29. The number of benzene rings is 3. The van der Waals surface area contributed by atoms with E-state index in [1.807, 2.05) is 6.07 Å². The van der Waals surface area contributed by atoms with E-state index in [1.54, 1.807) is 0 Å². The van der Waals surface area contributed by atoms with E-state index >= 15 is 0 Å². The van der Waals surface area contributed by atoms with E-state index in [4.69, 9.17) is 5.73 Å². The first-order chi connectivity index (χ1) is 12.8. The number of anilines is 1. The van der Waals surface area contributed by atoms with Gasteiger partial charge in [0.15, 0.2) is 6.29 Å². The summed E-state index contributed by atoms with van der Waals surface area (Å²) in [7, 11) is 0. The molecule has 0 amide bonds. The molecular formula is C23H21N3. The highest BCUT2D eigenvalue weighted by Crippen LogP contribution is 2.41. The number of rotatable bonds is 2. The molecule has 0 saturated heterocycles. The van der Waals surface area contributed by atoms with Crippen molar-refractivity contribution in [3.8, 4) is 0 Å². The van der Waals surface area contributed by atoms with Gasteiger partial charge in [0.2, 0.25) is 0 Å². The summed E-state index contributed by atoms with van der Waals surface area (Å²) >= 11 is 0. The van der Waals surface area contributed by atoms with Gasteiger partial charge in [-0.25, -0.2) is 0 Å². The Morgan fingerprint density at radius 2 is 1.50 bits per heavy atom. The molecule has 0 aromatic heterocycles. The molecule has 5 rings (SSSR count). The number of hydrogen-bond acceptors (Lipinski definition) is 3. The van der Waals surface area contributed by atoms with Crippen LogP contribution in [-0.4, -0.2) is 11.2 Å². The molecule has 128 valence electrons. The van der Waals surface area contributed by atoms with Crippen LogP contribution in [0.1, 0.15) is 22.3 Å². The third-order valence-electron chi connectivity index (χ3n) is 5.29. The Hall–Kier alpha value is -3.04. The number of hydrogen-bond donors (Lipinski definition) is 1. The van der Waals surface area contributed by atoms with E-state index in [2.05, 4.69) is 88.8 Å². The fraction of sp³-hybridized carbons (Fsp3) is 0.130. The first-order valence-corrected chi connectivity index (χ1v) is 9.04. The molecule has 0 saturated carbocycles. The molecule has 0 fully saturated rings. The van der Waals surface area contributed by atoms with Gasteiger partial charge in [0.25, 0.3) is 0 Å². The minimum absolute atomic E-state index is 0.211. The Kier molecular flexibility index (Phi) is 3.54. The summed E-state index contributed by atoms with van der Waals surface area (Å²) in [5.74, 6) is 0. The second-order valence-electron chi connectivity index (χ2n) is 6.92. The van der Waals surface area contributed by atoms with Crippen LogP contribution in [0.5, 0.6) is 0 Å². The normalized spacial score (nSPS) is 17.9. The molecule has 0 aliphatic carbocycles. The zero-order valence-electron chi connectivity index (χ0n) is 14.5. The third kappa shape index (κ3) is 2.40. The van der Waals surface area contributed by atoms with Crippen LogP contribution in [0.2, 0.25) is 0 Å². The van der Waals surface area contributed by atoms with Crippen molar-refractivity contribution >= 4 is 11.4 Å². The molecule has 3 aromatic rings. The van der Waals surface area contributed by atoms with Crippen LogP contribution >= 0.6 is 0 Å². The highest BCUT2D eigenvalue weighted by atomic mass is 15.5. The second kappa shape index (κ2) is 6.04. The van der Waals surface area contributed by atoms with Gasteiger partial charge >= 0.3 is 0 Å². The lowest BCUT2D eigenvalue weighted by atomic mass is 10.00. The molecule has 1 unspecified atom stereocenters. The van der Waals surface area contributed by atoms with Crippen LogP contribution in [0.15, 0.2) is 85.1 Å². The summed E-state index contributed by atoms with van der Waals surface area (Å²) in [5, 5.41) is 0. The van der Waals surface area contributed by atoms with Crippen molar-refractivity contribution in [2.45, 2.75) is 19.3 Å². The van der Waals surface area contributed by atoms with Gasteiger partial charge in [-0.15, -0.1) is 0 Å². The van der Waals surface area contributed by atoms with Crippen LogP contribution in [0.4, 0.5) is 5.69 Å². The second-order valence-corrected chi connectivity index (χ2v) is 6.92. The van der Waals surface area contributed by atoms with Crippen LogP contribution < -0.4 is 10.6 Å². The molecule has 0 spiro atoms. The summed E-state index contributed by atoms with van der Waals surface area (Å²) in [6, 6.07) is 27.8. The Morgan fingerprint density at radius 3 is 2.35 bits per heavy atom. The topological polar surface area (TPSA) is 32.5 Å². The van der Waals surface area contributed by atoms with Gasteiger partial charge in [-0.2, -0.15) is 0 Å². The number of para-hydroxylation sites is 1. The van der Waals surface area contributed by atoms with E-state index in [1.165, 1.54) is 33.6 Å². The number of fused-ring (bicyclic) bond motifs is 5. The maximum Gasteiger partial charge on any atom is 0.159 e. The van der Waals surface area contributed by atoms with Crippen molar-refractivity contribution in [2.75, 3.05) is 4.90 Å². The van der Waals surface area contributed by atoms with Crippen molar-refractivity contribution in [2.24, 2.45) is 5.73 Å². The average molecular weight is 339 g/mol. The highest BCUT2D eigenvalue weighted by Gasteiger charge is 2.35. The zero-order chi connectivity index (χ0) is 17.5. The molecule has 26 heavy (non-hydrogen) atoms. The molecule has 2 N–H and O–H groups in total. The minimum atomic E-state index is -0.211. The van der Waals surface area contributed by atoms with Crippen LogP contribution in [-0.2, 0) is 13.0 Å². The van der Waals surface area contributed by atoms with Gasteiger partial charge in [-0.1, -0.05) is 72.8 Å². The molecule has 3 aromatic carbocycles. The van der Waals surface area contributed by atoms with Crippen molar-refractivity contribution in [3.05, 3.63) is 107 Å². The van der Waals surface area contributed by atoms with Crippen LogP contribution in [0.3, 0.4) is 0 Å². The maximum atomic E-state index is 6.72. The summed E-state index contributed by atoms with van der Waals surface area (Å²) in [4.78, 5) is 4.51. The Balaban J connectivity index is 1.63. The lowest BCUT2D eigenvalue weighted by molar-refractivity contribution is 0.299. The standard InChI is InChI=1S/C23H21N3/c24-23-25(15-17-8-2-1-3-9-17)16-22-20-12-6-4-10-18(20)14-19-11-5-7-13-21(19)26(22)23/h1-13,16,23H,14-15,24H2. The Bertz CT molecular complexity index is 978. The Morgan fingerprint density at radius 1 is 0.808 bits per heavy atom. The van der Waals surface area contributed by atoms with E-state index in [0.717, 1.165) is 13.0 Å². The SMILES string of the molecule is NC1N(Cc2ccccc2)C=C2c3ccccc3Cc3ccccc3N21. The molecule has 3 heteroatoms. The van der Waals surface area contributed by atoms with Crippen molar-refractivity contribution in [1.82, 2.24) is 4.90 Å². The van der Waals surface area contributed by atoms with Crippen LogP contribution in [0.25, 0.3) is 5.70 Å². The zero-order valence-corrected chi connectivity index (χ0v) is 14.5. The number of nitrogens with two attached hydrogens (primary N) is 1. The molecule has 0 bridgehead atoms. The Labute approximate surface area is 154 Å². The van der Waals surface area contributed by atoms with Gasteiger partial charge in [0.1, 0.15) is 0 Å². The summed E-state index contributed by atoms with van der Waals surface area (Å²) < 4.78 is 0. The van der Waals surface area contributed by atoms with E-state index in [-0.39, 0.29) is 6.29 Å². The quantitative estimate of drug-likeness (QED) is 0.761. The van der Waals surface area contributed by atoms with E-state index in [9.17, 15) is 0 Å². The molecule has 2 heterocycles. The monoisotopic (exact) mass is 339 g/mol. The van der Waals surface area contributed by atoms with Crippen molar-refractivity contribution in [3.63, 3.8) is 0 Å². The molecule has 3 nitrogen and oxygen atoms in total. The fourth-order valence-electron chi connectivity index (χ4n) is 4.02. The lowest BCUT2D eigenvalue weighted by Crippen LogP contribution is -2.46. The highest BCUT2D eigenvalue weighted by molar-refractivity contribution is 5.86. The molecule has 1 atom stereocenters. The summed E-state index contributed by atoms with van der Waals surface area (Å²) in [5.41, 5.74) is 14.3. The van der Waals surface area contributed by atoms with Gasteiger partial charge in [0.05, 0.1) is 5.70 Å². The summed E-state index contributed by atoms with van der Waals surface area (Å²) in [6.07, 6.45) is 2.95. The predicted molar refractivity (Wildman–Crippen MR) is 106 cm³/mol. The smallest absolute Gasteiger partial charge is 0.159 e. The first kappa shape index (κ1) is 15.2. The fourth-order valence-corrected chi connectivity index (χ4v) is 4.02. The minimum Gasteiger partial charge on any atom is -0.339 e. The summed E-state index contributed by atoms with van der Waals surface area (Å²) in [6.45, 7) is 0.798. The predicted octanol–water partition coefficient (Wildman–Crippen LogP) is 4.15. The number of nitrogens with zero attached hydrogens (tertiary/aromatic N) is 2. The average Bonchev–Trinajstić information content (AvgIpc) is 2.92. The van der Waals surface area contributed by atoms with Gasteiger partial charge in [0, 0.05) is 30.4 Å². The van der Waals surface area contributed by atoms with Gasteiger partial charge in [-0.05, 0) is 22.8 Å². The molecule has 2 aliphatic heterocycles. The van der Waals surface area contributed by atoms with Crippen molar-refractivity contribution < 1.29 is 0 Å². The molecule has 2 aliphatic rings. The lowest BCUT2D eigenvalue weighted by Gasteiger charge is -2.31. The van der Waals surface area contributed by atoms with Crippen molar-refractivity contribution in [1.29, 1.82) is 0 Å². The largest absolute Gasteiger partial charge is 0.339 e. The molecule has 0 radical (unpaired) electrons. The maximum absolute atomic E-state index is 6.72. The van der Waals surface area contributed by atoms with Crippen LogP contribution in [0, 0.1) is 0 Å². The van der Waals surface area contributed by atoms with E-state index < -0.39 is 0 Å². The first-order valence-electron chi connectivity index (χ1n) is 9.04. The van der Waals surface area contributed by atoms with Gasteiger partial charge < -0.3 is 9.80 Å². The molecular weight excluding hydrogens is 318 g/mol.